The summed E-state index contributed by atoms with van der Waals surface area (Å²) >= 11 is 0. The molecule has 0 aromatic heterocycles. The van der Waals surface area contributed by atoms with Gasteiger partial charge in [-0.15, -0.1) is 0 Å². The first-order valence-electron chi connectivity index (χ1n) is 9.38. The highest BCUT2D eigenvalue weighted by atomic mass is 16.2. The third-order valence-electron chi connectivity index (χ3n) is 4.63. The average molecular weight is 367 g/mol. The number of aliphatic imine (C=N–C) groups is 1. The Kier molecular flexibility index (Phi) is 7.41. The highest BCUT2D eigenvalue weighted by Crippen LogP contribution is 2.20. The van der Waals surface area contributed by atoms with Crippen molar-refractivity contribution in [2.75, 3.05) is 26.0 Å². The van der Waals surface area contributed by atoms with Gasteiger partial charge in [-0.3, -0.25) is 9.79 Å². The Balaban J connectivity index is 1.91. The number of anilines is 1. The molecule has 2 aromatic carbocycles. The molecule has 1 atom stereocenters. The topological polar surface area (TPSA) is 70.7 Å². The quantitative estimate of drug-likeness (QED) is 0.577. The molecule has 0 bridgehead atoms. The van der Waals surface area contributed by atoms with Crippen molar-refractivity contribution in [3.63, 3.8) is 0 Å². The second kappa shape index (κ2) is 9.76. The molecule has 0 radical (unpaired) electrons. The average Bonchev–Trinajstić information content (AvgIpc) is 2.67. The fraction of sp³-hybridized carbons (Fsp3) is 0.364. The van der Waals surface area contributed by atoms with Gasteiger partial charge in [0.1, 0.15) is 0 Å². The standard InChI is InChI=1S/C22H30N4O/c1-5-16(2)18-9-11-20(12-10-18)25-22(23)24-14-13-17-7-6-8-19(15-17)21(27)26(3)4/h6-12,15-16H,5,13-14H2,1-4H3,(H3,23,24,25). The van der Waals surface area contributed by atoms with Gasteiger partial charge in [0, 0.05) is 31.9 Å². The van der Waals surface area contributed by atoms with Gasteiger partial charge in [-0.05, 0) is 54.2 Å². The number of hydrogen-bond acceptors (Lipinski definition) is 2. The van der Waals surface area contributed by atoms with Crippen molar-refractivity contribution in [2.45, 2.75) is 32.6 Å². The minimum absolute atomic E-state index is 0.00219. The van der Waals surface area contributed by atoms with Crippen LogP contribution in [0.5, 0.6) is 0 Å². The summed E-state index contributed by atoms with van der Waals surface area (Å²) in [6.45, 7) is 4.97. The molecular formula is C22H30N4O. The summed E-state index contributed by atoms with van der Waals surface area (Å²) in [6, 6.07) is 15.9. The van der Waals surface area contributed by atoms with E-state index in [0.29, 0.717) is 24.0 Å². The van der Waals surface area contributed by atoms with E-state index in [1.54, 1.807) is 19.0 Å². The lowest BCUT2D eigenvalue weighted by Crippen LogP contribution is -2.23. The van der Waals surface area contributed by atoms with Crippen LogP contribution in [0.25, 0.3) is 0 Å². The Morgan fingerprint density at radius 2 is 1.89 bits per heavy atom. The van der Waals surface area contributed by atoms with E-state index in [9.17, 15) is 4.79 Å². The molecule has 0 aliphatic rings. The summed E-state index contributed by atoms with van der Waals surface area (Å²) in [6.07, 6.45) is 1.85. The van der Waals surface area contributed by atoms with E-state index in [2.05, 4.69) is 36.3 Å². The molecule has 0 aliphatic carbocycles. The maximum absolute atomic E-state index is 12.0. The van der Waals surface area contributed by atoms with E-state index in [0.717, 1.165) is 24.1 Å². The van der Waals surface area contributed by atoms with E-state index in [4.69, 9.17) is 5.73 Å². The number of nitrogens with two attached hydrogens (primary N) is 1. The number of rotatable bonds is 7. The predicted octanol–water partition coefficient (Wildman–Crippen LogP) is 3.87. The molecule has 0 fully saturated rings. The van der Waals surface area contributed by atoms with Crippen LogP contribution in [-0.2, 0) is 6.42 Å². The molecule has 144 valence electrons. The molecular weight excluding hydrogens is 336 g/mol. The van der Waals surface area contributed by atoms with Crippen LogP contribution in [0, 0.1) is 0 Å². The van der Waals surface area contributed by atoms with Crippen LogP contribution in [0.1, 0.15) is 47.7 Å². The second-order valence-corrected chi connectivity index (χ2v) is 6.97. The third kappa shape index (κ3) is 6.13. The van der Waals surface area contributed by atoms with E-state index in [-0.39, 0.29) is 5.91 Å². The molecule has 1 amide bonds. The molecule has 2 rings (SSSR count). The molecule has 3 N–H and O–H groups in total. The van der Waals surface area contributed by atoms with E-state index >= 15 is 0 Å². The van der Waals surface area contributed by atoms with Gasteiger partial charge in [-0.1, -0.05) is 38.1 Å². The number of carbonyl (C=O) groups is 1. The second-order valence-electron chi connectivity index (χ2n) is 6.97. The molecule has 0 saturated heterocycles. The van der Waals surface area contributed by atoms with Crippen LogP contribution in [0.15, 0.2) is 53.5 Å². The summed E-state index contributed by atoms with van der Waals surface area (Å²) in [7, 11) is 3.50. The maximum atomic E-state index is 12.0. The third-order valence-corrected chi connectivity index (χ3v) is 4.63. The first kappa shape index (κ1) is 20.5. The van der Waals surface area contributed by atoms with Crippen molar-refractivity contribution in [3.05, 3.63) is 65.2 Å². The fourth-order valence-corrected chi connectivity index (χ4v) is 2.74. The smallest absolute Gasteiger partial charge is 0.253 e. The summed E-state index contributed by atoms with van der Waals surface area (Å²) in [5, 5.41) is 3.12. The van der Waals surface area contributed by atoms with Gasteiger partial charge in [0.2, 0.25) is 0 Å². The number of carbonyl (C=O) groups excluding carboxylic acids is 1. The number of guanidine groups is 1. The van der Waals surface area contributed by atoms with Crippen LogP contribution in [0.2, 0.25) is 0 Å². The minimum Gasteiger partial charge on any atom is -0.370 e. The van der Waals surface area contributed by atoms with E-state index < -0.39 is 0 Å². The Hall–Kier alpha value is -2.82. The summed E-state index contributed by atoms with van der Waals surface area (Å²) in [4.78, 5) is 18.0. The first-order valence-corrected chi connectivity index (χ1v) is 9.38. The van der Waals surface area contributed by atoms with Crippen LogP contribution < -0.4 is 11.1 Å². The Morgan fingerprint density at radius 3 is 2.52 bits per heavy atom. The van der Waals surface area contributed by atoms with Crippen molar-refractivity contribution in [1.82, 2.24) is 4.90 Å². The largest absolute Gasteiger partial charge is 0.370 e. The van der Waals surface area contributed by atoms with Gasteiger partial charge in [-0.25, -0.2) is 0 Å². The zero-order valence-electron chi connectivity index (χ0n) is 16.7. The van der Waals surface area contributed by atoms with Crippen molar-refractivity contribution in [2.24, 2.45) is 10.7 Å². The van der Waals surface area contributed by atoms with E-state index in [1.807, 2.05) is 36.4 Å². The van der Waals surface area contributed by atoms with Gasteiger partial charge in [-0.2, -0.15) is 0 Å². The van der Waals surface area contributed by atoms with Gasteiger partial charge >= 0.3 is 0 Å². The molecule has 0 spiro atoms. The highest BCUT2D eigenvalue weighted by Gasteiger charge is 2.08. The predicted molar refractivity (Wildman–Crippen MR) is 113 cm³/mol. The van der Waals surface area contributed by atoms with E-state index in [1.165, 1.54) is 5.56 Å². The number of hydrogen-bond donors (Lipinski definition) is 2. The number of amides is 1. The molecule has 5 nitrogen and oxygen atoms in total. The Labute approximate surface area is 162 Å². The van der Waals surface area contributed by atoms with Crippen molar-refractivity contribution in [3.8, 4) is 0 Å². The lowest BCUT2D eigenvalue weighted by Gasteiger charge is -2.11. The van der Waals surface area contributed by atoms with Crippen LogP contribution in [-0.4, -0.2) is 37.4 Å². The molecule has 1 unspecified atom stereocenters. The zero-order chi connectivity index (χ0) is 19.8. The number of benzene rings is 2. The lowest BCUT2D eigenvalue weighted by atomic mass is 9.99. The monoisotopic (exact) mass is 366 g/mol. The number of nitrogens with zero attached hydrogens (tertiary/aromatic N) is 2. The summed E-state index contributed by atoms with van der Waals surface area (Å²) in [5.74, 6) is 0.953. The van der Waals surface area contributed by atoms with Gasteiger partial charge in [0.15, 0.2) is 5.96 Å². The molecule has 2 aromatic rings. The van der Waals surface area contributed by atoms with Crippen molar-refractivity contribution >= 4 is 17.6 Å². The Morgan fingerprint density at radius 1 is 1.19 bits per heavy atom. The summed E-state index contributed by atoms with van der Waals surface area (Å²) in [5.41, 5.74) is 10.0. The van der Waals surface area contributed by atoms with Crippen LogP contribution in [0.4, 0.5) is 5.69 Å². The van der Waals surface area contributed by atoms with Crippen LogP contribution >= 0.6 is 0 Å². The van der Waals surface area contributed by atoms with Gasteiger partial charge < -0.3 is 16.0 Å². The first-order chi connectivity index (χ1) is 12.9. The molecule has 0 saturated carbocycles. The van der Waals surface area contributed by atoms with Gasteiger partial charge in [0.25, 0.3) is 5.91 Å². The van der Waals surface area contributed by atoms with Crippen molar-refractivity contribution < 1.29 is 4.79 Å². The molecule has 0 aliphatic heterocycles. The number of nitrogens with one attached hydrogen (secondary N) is 1. The van der Waals surface area contributed by atoms with Crippen LogP contribution in [0.3, 0.4) is 0 Å². The normalized spacial score (nSPS) is 12.5. The molecule has 5 heteroatoms. The minimum atomic E-state index is 0.00219. The fourth-order valence-electron chi connectivity index (χ4n) is 2.74. The lowest BCUT2D eigenvalue weighted by molar-refractivity contribution is 0.0827. The van der Waals surface area contributed by atoms with Crippen molar-refractivity contribution in [1.29, 1.82) is 0 Å². The zero-order valence-corrected chi connectivity index (χ0v) is 16.7. The summed E-state index contributed by atoms with van der Waals surface area (Å²) < 4.78 is 0. The molecule has 27 heavy (non-hydrogen) atoms. The van der Waals surface area contributed by atoms with Gasteiger partial charge in [0.05, 0.1) is 0 Å². The highest BCUT2D eigenvalue weighted by molar-refractivity contribution is 5.94. The Bertz CT molecular complexity index is 781. The SMILES string of the molecule is CCC(C)c1ccc(NC(N)=NCCc2cccc(C(=O)N(C)C)c2)cc1. The molecule has 0 heterocycles. The maximum Gasteiger partial charge on any atom is 0.253 e.